The van der Waals surface area contributed by atoms with Crippen LogP contribution < -0.4 is 0 Å². The maximum Gasteiger partial charge on any atom is 0.243 e. The highest BCUT2D eigenvalue weighted by atomic mass is 35.5. The Balaban J connectivity index is 0.00000243. The molecule has 3 rings (SSSR count). The summed E-state index contributed by atoms with van der Waals surface area (Å²) in [7, 11) is -3.38. The predicted molar refractivity (Wildman–Crippen MR) is 108 cm³/mol. The second-order valence-electron chi connectivity index (χ2n) is 6.66. The zero-order valence-electron chi connectivity index (χ0n) is 15.4. The molecule has 0 saturated carbocycles. The van der Waals surface area contributed by atoms with Gasteiger partial charge in [-0.1, -0.05) is 48.9 Å². The molecule has 4 nitrogen and oxygen atoms in total. The SMILES string of the molecule is CCc1ccc(S(=O)(=O)N2CCN(Cc3ccc(C)cc3)CC2)cc1.Cl. The number of benzene rings is 2. The van der Waals surface area contributed by atoms with Gasteiger partial charge in [-0.15, -0.1) is 12.4 Å². The number of halogens is 1. The molecule has 2 aromatic carbocycles. The number of hydrogen-bond donors (Lipinski definition) is 0. The average Bonchev–Trinajstić information content (AvgIpc) is 2.64. The van der Waals surface area contributed by atoms with Crippen molar-refractivity contribution in [1.82, 2.24) is 9.21 Å². The van der Waals surface area contributed by atoms with E-state index in [4.69, 9.17) is 0 Å². The van der Waals surface area contributed by atoms with E-state index in [1.807, 2.05) is 12.1 Å². The van der Waals surface area contributed by atoms with Gasteiger partial charge in [0.05, 0.1) is 4.90 Å². The van der Waals surface area contributed by atoms with Crippen LogP contribution in [0.1, 0.15) is 23.6 Å². The molecule has 1 aliphatic heterocycles. The van der Waals surface area contributed by atoms with E-state index in [2.05, 4.69) is 43.0 Å². The number of aryl methyl sites for hydroxylation is 2. The molecule has 142 valence electrons. The first kappa shape index (κ1) is 20.9. The topological polar surface area (TPSA) is 40.6 Å². The monoisotopic (exact) mass is 394 g/mol. The molecule has 0 unspecified atom stereocenters. The molecule has 1 fully saturated rings. The van der Waals surface area contributed by atoms with E-state index >= 15 is 0 Å². The van der Waals surface area contributed by atoms with Crippen molar-refractivity contribution in [2.45, 2.75) is 31.7 Å². The van der Waals surface area contributed by atoms with Gasteiger partial charge in [0.15, 0.2) is 0 Å². The molecule has 1 aliphatic rings. The van der Waals surface area contributed by atoms with Crippen LogP contribution >= 0.6 is 12.4 Å². The van der Waals surface area contributed by atoms with Crippen molar-refractivity contribution in [1.29, 1.82) is 0 Å². The number of nitrogens with zero attached hydrogens (tertiary/aromatic N) is 2. The number of piperazine rings is 1. The molecule has 0 aliphatic carbocycles. The summed E-state index contributed by atoms with van der Waals surface area (Å²) in [6.07, 6.45) is 0.915. The Kier molecular flexibility index (Phi) is 7.24. The molecule has 0 bridgehead atoms. The van der Waals surface area contributed by atoms with Gasteiger partial charge in [0, 0.05) is 32.7 Å². The van der Waals surface area contributed by atoms with Crippen LogP contribution in [0.25, 0.3) is 0 Å². The first-order chi connectivity index (χ1) is 12.0. The summed E-state index contributed by atoms with van der Waals surface area (Å²) in [5, 5.41) is 0. The van der Waals surface area contributed by atoms with Crippen LogP contribution in [0.4, 0.5) is 0 Å². The van der Waals surface area contributed by atoms with E-state index in [0.717, 1.165) is 31.6 Å². The zero-order chi connectivity index (χ0) is 17.9. The molecular formula is C20H27ClN2O2S. The second-order valence-corrected chi connectivity index (χ2v) is 8.60. The van der Waals surface area contributed by atoms with Gasteiger partial charge >= 0.3 is 0 Å². The molecule has 0 N–H and O–H groups in total. The van der Waals surface area contributed by atoms with E-state index in [-0.39, 0.29) is 12.4 Å². The normalized spacial score (nSPS) is 16.2. The van der Waals surface area contributed by atoms with E-state index in [1.165, 1.54) is 11.1 Å². The lowest BCUT2D eigenvalue weighted by molar-refractivity contribution is 0.181. The highest BCUT2D eigenvalue weighted by Crippen LogP contribution is 2.19. The van der Waals surface area contributed by atoms with Gasteiger partial charge in [-0.2, -0.15) is 4.31 Å². The molecule has 26 heavy (non-hydrogen) atoms. The van der Waals surface area contributed by atoms with Gasteiger partial charge < -0.3 is 0 Å². The summed E-state index contributed by atoms with van der Waals surface area (Å²) in [4.78, 5) is 2.72. The molecule has 1 heterocycles. The Labute approximate surface area is 163 Å². The Morgan fingerprint density at radius 3 is 1.92 bits per heavy atom. The molecule has 0 spiro atoms. The molecule has 0 amide bonds. The van der Waals surface area contributed by atoms with Crippen molar-refractivity contribution >= 4 is 22.4 Å². The fourth-order valence-corrected chi connectivity index (χ4v) is 4.55. The molecule has 0 aromatic heterocycles. The first-order valence-electron chi connectivity index (χ1n) is 8.86. The molecular weight excluding hydrogens is 368 g/mol. The molecule has 1 saturated heterocycles. The third-order valence-electron chi connectivity index (χ3n) is 4.83. The Morgan fingerprint density at radius 2 is 1.38 bits per heavy atom. The predicted octanol–water partition coefficient (Wildman–Crippen LogP) is 3.49. The minimum atomic E-state index is -3.38. The first-order valence-corrected chi connectivity index (χ1v) is 10.3. The van der Waals surface area contributed by atoms with Crippen molar-refractivity contribution < 1.29 is 8.42 Å². The van der Waals surface area contributed by atoms with Crippen molar-refractivity contribution in [3.05, 3.63) is 65.2 Å². The summed E-state index contributed by atoms with van der Waals surface area (Å²) in [5.41, 5.74) is 3.69. The zero-order valence-corrected chi connectivity index (χ0v) is 17.0. The van der Waals surface area contributed by atoms with Gasteiger partial charge in [-0.3, -0.25) is 4.90 Å². The summed E-state index contributed by atoms with van der Waals surface area (Å²) in [6, 6.07) is 15.8. The second kappa shape index (κ2) is 9.00. The quantitative estimate of drug-likeness (QED) is 0.779. The third kappa shape index (κ3) is 4.86. The lowest BCUT2D eigenvalue weighted by Gasteiger charge is -2.34. The van der Waals surface area contributed by atoms with Gasteiger partial charge in [-0.05, 0) is 36.6 Å². The maximum absolute atomic E-state index is 12.8. The maximum atomic E-state index is 12.8. The fraction of sp³-hybridized carbons (Fsp3) is 0.400. The van der Waals surface area contributed by atoms with Crippen molar-refractivity contribution in [2.75, 3.05) is 26.2 Å². The lowest BCUT2D eigenvalue weighted by Crippen LogP contribution is -2.48. The smallest absolute Gasteiger partial charge is 0.243 e. The van der Waals surface area contributed by atoms with E-state index < -0.39 is 10.0 Å². The fourth-order valence-electron chi connectivity index (χ4n) is 3.13. The van der Waals surface area contributed by atoms with Gasteiger partial charge in [0.25, 0.3) is 0 Å². The van der Waals surface area contributed by atoms with E-state index in [9.17, 15) is 8.42 Å². The summed E-state index contributed by atoms with van der Waals surface area (Å²) >= 11 is 0. The number of rotatable bonds is 5. The molecule has 0 atom stereocenters. The summed E-state index contributed by atoms with van der Waals surface area (Å²) < 4.78 is 27.2. The van der Waals surface area contributed by atoms with E-state index in [1.54, 1.807) is 16.4 Å². The van der Waals surface area contributed by atoms with Crippen LogP contribution in [0, 0.1) is 6.92 Å². The minimum Gasteiger partial charge on any atom is -0.296 e. The minimum absolute atomic E-state index is 0. The Morgan fingerprint density at radius 1 is 0.846 bits per heavy atom. The van der Waals surface area contributed by atoms with Crippen molar-refractivity contribution in [3.8, 4) is 0 Å². The van der Waals surface area contributed by atoms with Crippen LogP contribution in [0.5, 0.6) is 0 Å². The number of hydrogen-bond acceptors (Lipinski definition) is 3. The van der Waals surface area contributed by atoms with Crippen molar-refractivity contribution in [3.63, 3.8) is 0 Å². The lowest BCUT2D eigenvalue weighted by atomic mass is 10.1. The van der Waals surface area contributed by atoms with Gasteiger partial charge in [0.2, 0.25) is 10.0 Å². The van der Waals surface area contributed by atoms with Crippen LogP contribution in [0.3, 0.4) is 0 Å². The van der Waals surface area contributed by atoms with E-state index in [0.29, 0.717) is 18.0 Å². The Bertz CT molecular complexity index is 797. The average molecular weight is 395 g/mol. The van der Waals surface area contributed by atoms with Crippen LogP contribution in [0.2, 0.25) is 0 Å². The third-order valence-corrected chi connectivity index (χ3v) is 6.74. The van der Waals surface area contributed by atoms with Crippen LogP contribution in [0.15, 0.2) is 53.4 Å². The highest BCUT2D eigenvalue weighted by Gasteiger charge is 2.28. The van der Waals surface area contributed by atoms with Gasteiger partial charge in [-0.25, -0.2) is 8.42 Å². The largest absolute Gasteiger partial charge is 0.296 e. The van der Waals surface area contributed by atoms with Crippen LogP contribution in [-0.2, 0) is 23.0 Å². The molecule has 6 heteroatoms. The van der Waals surface area contributed by atoms with Crippen molar-refractivity contribution in [2.24, 2.45) is 0 Å². The Hall–Kier alpha value is -1.40. The summed E-state index contributed by atoms with van der Waals surface area (Å²) in [6.45, 7) is 7.64. The van der Waals surface area contributed by atoms with Crippen LogP contribution in [-0.4, -0.2) is 43.8 Å². The van der Waals surface area contributed by atoms with Gasteiger partial charge in [0.1, 0.15) is 0 Å². The summed E-state index contributed by atoms with van der Waals surface area (Å²) in [5.74, 6) is 0. The highest BCUT2D eigenvalue weighted by molar-refractivity contribution is 7.89. The standard InChI is InChI=1S/C20H26N2O2S.ClH/c1-3-18-8-10-20(11-9-18)25(23,24)22-14-12-21(13-15-22)16-19-6-4-17(2)5-7-19;/h4-11H,3,12-16H2,1-2H3;1H. The molecule has 0 radical (unpaired) electrons. The number of sulfonamides is 1. The molecule has 2 aromatic rings.